The number of hydrogen-bond donors (Lipinski definition) is 0. The first-order valence-electron chi connectivity index (χ1n) is 19.7. The second kappa shape index (κ2) is 12.5. The Morgan fingerprint density at radius 3 is 1.79 bits per heavy atom. The van der Waals surface area contributed by atoms with Crippen LogP contribution in [0.3, 0.4) is 0 Å². The Bertz CT molecular complexity index is 2230. The molecule has 1 radical (unpaired) electrons. The van der Waals surface area contributed by atoms with Crippen LogP contribution >= 0.6 is 7.14 Å². The van der Waals surface area contributed by atoms with Crippen LogP contribution in [0.2, 0.25) is 0 Å². The average Bonchev–Trinajstić information content (AvgIpc) is 3.53. The van der Waals surface area contributed by atoms with Gasteiger partial charge in [0, 0.05) is 35.8 Å². The van der Waals surface area contributed by atoms with Crippen LogP contribution in [0.25, 0.3) is 44.1 Å². The number of nitrogens with zero attached hydrogens (tertiary/aromatic N) is 1. The minimum Gasteiger partial charge on any atom is -0.501 e. The molecular weight excluding hydrogens is 834 g/mol. The maximum Gasteiger partial charge on any atom is 0.120 e. The van der Waals surface area contributed by atoms with E-state index in [1.54, 1.807) is 0 Å². The molecule has 0 aliphatic heterocycles. The van der Waals surface area contributed by atoms with E-state index < -0.39 is 7.14 Å². The standard InChI is InChI=1S/C26H34OP.C21H12NO.Ir/c27-28(24-4-2-1-3-5-24,25-12-18-6-19(13-25)8-20(7-18)14-25)26-15-21-9-22(16-26)11-23(10-21)17-26;1-3-10-18-14(6-1)12-13-19(22-18)17-9-5-8-16-15-7-2-4-11-20(15)23-21(16)17;/h1-4,18-23H,6-17H2;1-8,10-13H;/q2*-1;. The molecule has 52 heavy (non-hydrogen) atoms. The third-order valence-corrected chi connectivity index (χ3v) is 19.3. The fourth-order valence-corrected chi connectivity index (χ4v) is 19.3. The summed E-state index contributed by atoms with van der Waals surface area (Å²) in [4.78, 5) is 4.77. The van der Waals surface area contributed by atoms with Crippen LogP contribution in [0.15, 0.2) is 101 Å². The topological polar surface area (TPSA) is 43.1 Å². The van der Waals surface area contributed by atoms with Crippen molar-refractivity contribution in [2.45, 2.75) is 87.4 Å². The minimum atomic E-state index is -2.53. The average molecular weight is 880 g/mol. The summed E-state index contributed by atoms with van der Waals surface area (Å²) in [6.45, 7) is 0. The predicted octanol–water partition coefficient (Wildman–Crippen LogP) is 12.0. The van der Waals surface area contributed by atoms with E-state index in [-0.39, 0.29) is 30.4 Å². The van der Waals surface area contributed by atoms with Crippen molar-refractivity contribution in [2.75, 3.05) is 0 Å². The molecule has 0 atom stereocenters. The Hall–Kier alpha value is -3.03. The van der Waals surface area contributed by atoms with Gasteiger partial charge in [-0.25, -0.2) is 0 Å². The molecule has 3 nitrogen and oxygen atoms in total. The van der Waals surface area contributed by atoms with Gasteiger partial charge in [0.2, 0.25) is 0 Å². The molecule has 0 unspecified atom stereocenters. The van der Waals surface area contributed by atoms with Gasteiger partial charge in [-0.1, -0.05) is 59.5 Å². The number of rotatable bonds is 4. The quantitative estimate of drug-likeness (QED) is 0.131. The molecule has 8 saturated carbocycles. The van der Waals surface area contributed by atoms with Gasteiger partial charge in [-0.3, -0.25) is 4.98 Å². The van der Waals surface area contributed by atoms with Gasteiger partial charge in [0.1, 0.15) is 12.7 Å². The molecule has 4 aromatic carbocycles. The molecule has 14 rings (SSSR count). The molecule has 0 saturated heterocycles. The van der Waals surface area contributed by atoms with Crippen molar-refractivity contribution in [1.82, 2.24) is 4.98 Å². The van der Waals surface area contributed by atoms with Crippen molar-refractivity contribution < 1.29 is 29.1 Å². The Morgan fingerprint density at radius 1 is 0.596 bits per heavy atom. The first-order chi connectivity index (χ1) is 25.0. The van der Waals surface area contributed by atoms with Gasteiger partial charge in [0.25, 0.3) is 0 Å². The molecule has 8 fully saturated rings. The van der Waals surface area contributed by atoms with Gasteiger partial charge in [-0.05, 0) is 136 Å². The van der Waals surface area contributed by atoms with Crippen LogP contribution in [0.5, 0.6) is 0 Å². The molecule has 2 heterocycles. The Balaban J connectivity index is 0.000000130. The van der Waals surface area contributed by atoms with Crippen molar-refractivity contribution in [3.8, 4) is 11.3 Å². The van der Waals surface area contributed by atoms with Crippen molar-refractivity contribution in [1.29, 1.82) is 0 Å². The zero-order valence-electron chi connectivity index (χ0n) is 29.7. The molecule has 2 aromatic heterocycles. The molecule has 0 spiro atoms. The van der Waals surface area contributed by atoms with Gasteiger partial charge >= 0.3 is 0 Å². The number of fused-ring (bicyclic) bond motifs is 4. The third kappa shape index (κ3) is 5.07. The van der Waals surface area contributed by atoms with E-state index in [0.29, 0.717) is 0 Å². The molecule has 8 bridgehead atoms. The number of furan rings is 1. The summed E-state index contributed by atoms with van der Waals surface area (Å²) in [5.41, 5.74) is 4.50. The van der Waals surface area contributed by atoms with E-state index in [2.05, 4.69) is 54.6 Å². The summed E-state index contributed by atoms with van der Waals surface area (Å²) in [5.74, 6) is 5.23. The smallest absolute Gasteiger partial charge is 0.120 e. The predicted molar refractivity (Wildman–Crippen MR) is 208 cm³/mol. The van der Waals surface area contributed by atoms with Gasteiger partial charge in [-0.2, -0.15) is 30.3 Å². The Morgan fingerprint density at radius 2 is 1.17 bits per heavy atom. The van der Waals surface area contributed by atoms with Crippen molar-refractivity contribution in [3.05, 3.63) is 109 Å². The summed E-state index contributed by atoms with van der Waals surface area (Å²) >= 11 is 0. The fourth-order valence-electron chi connectivity index (χ4n) is 13.6. The van der Waals surface area contributed by atoms with Crippen LogP contribution in [-0.2, 0) is 24.7 Å². The normalized spacial score (nSPS) is 33.5. The van der Waals surface area contributed by atoms with Crippen molar-refractivity contribution in [3.63, 3.8) is 0 Å². The number of benzene rings is 4. The molecule has 8 aliphatic carbocycles. The zero-order valence-corrected chi connectivity index (χ0v) is 33.0. The number of hydrogen-bond acceptors (Lipinski definition) is 3. The Kier molecular flexibility index (Phi) is 8.07. The SMILES string of the molecule is O=P(c1[c-]cccc1)(C12CC3CC(CC(C3)C1)C2)C12CC3CC(CC(C3)C1)C2.[Ir].[c-]1ccc2c(oc3ccccc32)c1-c1ccc2ccccc2n1. The molecule has 0 amide bonds. The van der Waals surface area contributed by atoms with Crippen LogP contribution in [0.1, 0.15) is 77.0 Å². The third-order valence-electron chi connectivity index (χ3n) is 14.6. The van der Waals surface area contributed by atoms with Crippen LogP contribution < -0.4 is 5.30 Å². The molecule has 267 valence electrons. The summed E-state index contributed by atoms with van der Waals surface area (Å²) < 4.78 is 22.0. The molecule has 0 N–H and O–H groups in total. The minimum absolute atomic E-state index is 0. The zero-order chi connectivity index (χ0) is 33.8. The van der Waals surface area contributed by atoms with Gasteiger partial charge in [-0.15, -0.1) is 23.5 Å². The largest absolute Gasteiger partial charge is 0.501 e. The van der Waals surface area contributed by atoms with E-state index in [4.69, 9.17) is 9.40 Å². The van der Waals surface area contributed by atoms with E-state index in [9.17, 15) is 0 Å². The number of pyridine rings is 1. The van der Waals surface area contributed by atoms with Crippen molar-refractivity contribution >= 4 is 45.3 Å². The van der Waals surface area contributed by atoms with Crippen LogP contribution in [0.4, 0.5) is 0 Å². The van der Waals surface area contributed by atoms with E-state index in [0.717, 1.165) is 79.6 Å². The maximum absolute atomic E-state index is 15.9. The van der Waals surface area contributed by atoms with Gasteiger partial charge in [0.05, 0.1) is 11.1 Å². The Labute approximate surface area is 321 Å². The second-order valence-electron chi connectivity index (χ2n) is 17.7. The van der Waals surface area contributed by atoms with E-state index in [1.165, 1.54) is 82.4 Å². The van der Waals surface area contributed by atoms with Gasteiger partial charge in [0.15, 0.2) is 0 Å². The maximum atomic E-state index is 15.9. The van der Waals surface area contributed by atoms with E-state index >= 15 is 4.57 Å². The van der Waals surface area contributed by atoms with Crippen LogP contribution in [-0.4, -0.2) is 15.3 Å². The summed E-state index contributed by atoms with van der Waals surface area (Å²) in [5, 5.41) is 4.78. The summed E-state index contributed by atoms with van der Waals surface area (Å²) in [7, 11) is -2.53. The van der Waals surface area contributed by atoms with Crippen molar-refractivity contribution in [2.24, 2.45) is 35.5 Å². The number of para-hydroxylation sites is 2. The molecule has 8 aliphatic rings. The second-order valence-corrected chi connectivity index (χ2v) is 21.3. The summed E-state index contributed by atoms with van der Waals surface area (Å²) in [6.07, 6.45) is 16.3. The first-order valence-corrected chi connectivity index (χ1v) is 21.4. The number of aromatic nitrogens is 1. The fraction of sp³-hybridized carbons (Fsp3) is 0.426. The monoisotopic (exact) mass is 880 g/mol. The first kappa shape index (κ1) is 33.5. The van der Waals surface area contributed by atoms with Crippen LogP contribution in [0, 0.1) is 47.6 Å². The molecular formula is C47H46IrNO2P-2. The summed E-state index contributed by atoms with van der Waals surface area (Å²) in [6, 6.07) is 39.7. The molecule has 6 aromatic rings. The van der Waals surface area contributed by atoms with E-state index in [1.807, 2.05) is 54.6 Å². The van der Waals surface area contributed by atoms with Gasteiger partial charge < -0.3 is 8.98 Å². The molecule has 5 heteroatoms.